The minimum atomic E-state index is 0.0280. The molecule has 0 aliphatic heterocycles. The Bertz CT molecular complexity index is 402. The summed E-state index contributed by atoms with van der Waals surface area (Å²) in [5.41, 5.74) is 0. The number of rotatable bonds is 7. The Labute approximate surface area is 125 Å². The summed E-state index contributed by atoms with van der Waals surface area (Å²) < 4.78 is 5.47. The van der Waals surface area contributed by atoms with Crippen molar-refractivity contribution in [2.24, 2.45) is 0 Å². The first-order valence-electron chi connectivity index (χ1n) is 5.54. The predicted octanol–water partition coefficient (Wildman–Crippen LogP) is 3.66. The number of ether oxygens (including phenoxy) is 1. The molecule has 1 aromatic carbocycles. The van der Waals surface area contributed by atoms with Crippen molar-refractivity contribution in [2.45, 2.75) is 12.8 Å². The molecule has 0 aliphatic carbocycles. The topological polar surface area (TPSA) is 38.3 Å². The molecule has 0 aromatic heterocycles. The fourth-order valence-electron chi connectivity index (χ4n) is 1.28. The second kappa shape index (κ2) is 8.62. The zero-order valence-electron chi connectivity index (χ0n) is 9.72. The molecule has 3 nitrogen and oxygen atoms in total. The Kier molecular flexibility index (Phi) is 7.47. The number of carbonyl (C=O) groups excluding carboxylic acids is 1. The Balaban J connectivity index is 2.23. The highest BCUT2D eigenvalue weighted by Crippen LogP contribution is 2.27. The lowest BCUT2D eigenvalue weighted by Crippen LogP contribution is -2.25. The molecule has 0 saturated carbocycles. The average molecular weight is 355 g/mol. The van der Waals surface area contributed by atoms with Gasteiger partial charge in [0, 0.05) is 23.3 Å². The first-order valence-corrected chi connectivity index (χ1v) is 7.41. The third kappa shape index (κ3) is 5.94. The first kappa shape index (κ1) is 15.6. The van der Waals surface area contributed by atoms with E-state index in [1.54, 1.807) is 18.2 Å². The van der Waals surface area contributed by atoms with Gasteiger partial charge < -0.3 is 10.1 Å². The van der Waals surface area contributed by atoms with E-state index in [0.29, 0.717) is 41.8 Å². The molecular weight excluding hydrogens is 341 g/mol. The number of alkyl halides is 1. The molecule has 0 aliphatic rings. The third-order valence-corrected chi connectivity index (χ3v) is 3.04. The van der Waals surface area contributed by atoms with Crippen molar-refractivity contribution in [3.63, 3.8) is 0 Å². The van der Waals surface area contributed by atoms with Crippen molar-refractivity contribution < 1.29 is 9.53 Å². The van der Waals surface area contributed by atoms with Crippen LogP contribution in [0.1, 0.15) is 12.8 Å². The van der Waals surface area contributed by atoms with E-state index in [4.69, 9.17) is 27.9 Å². The van der Waals surface area contributed by atoms with Gasteiger partial charge >= 0.3 is 0 Å². The van der Waals surface area contributed by atoms with E-state index in [1.165, 1.54) is 0 Å². The Hall–Kier alpha value is -0.450. The van der Waals surface area contributed by atoms with Crippen molar-refractivity contribution in [3.05, 3.63) is 28.2 Å². The highest BCUT2D eigenvalue weighted by Gasteiger charge is 2.03. The Morgan fingerprint density at radius 2 is 2.17 bits per heavy atom. The fourth-order valence-corrected chi connectivity index (χ4v) is 1.94. The number of benzene rings is 1. The van der Waals surface area contributed by atoms with Gasteiger partial charge in [-0.25, -0.2) is 0 Å². The molecule has 1 aromatic rings. The Morgan fingerprint density at radius 1 is 1.39 bits per heavy atom. The normalized spacial score (nSPS) is 10.2. The van der Waals surface area contributed by atoms with Gasteiger partial charge in [0.15, 0.2) is 0 Å². The summed E-state index contributed by atoms with van der Waals surface area (Å²) in [6, 6.07) is 5.06. The minimum Gasteiger partial charge on any atom is -0.492 e. The number of nitrogens with one attached hydrogen (secondary N) is 1. The molecule has 0 heterocycles. The highest BCUT2D eigenvalue weighted by atomic mass is 79.9. The summed E-state index contributed by atoms with van der Waals surface area (Å²) >= 11 is 15.0. The van der Waals surface area contributed by atoms with E-state index in [0.717, 1.165) is 5.33 Å². The lowest BCUT2D eigenvalue weighted by molar-refractivity contribution is -0.121. The van der Waals surface area contributed by atoms with Gasteiger partial charge in [-0.05, 0) is 24.6 Å². The lowest BCUT2D eigenvalue weighted by atomic mass is 10.3. The number of carbonyl (C=O) groups is 1. The molecule has 0 bridgehead atoms. The van der Waals surface area contributed by atoms with Crippen LogP contribution in [0.3, 0.4) is 0 Å². The van der Waals surface area contributed by atoms with Gasteiger partial charge in [-0.2, -0.15) is 0 Å². The minimum absolute atomic E-state index is 0.0280. The molecule has 1 rings (SSSR count). The summed E-state index contributed by atoms with van der Waals surface area (Å²) in [7, 11) is 0. The van der Waals surface area contributed by atoms with E-state index >= 15 is 0 Å². The van der Waals surface area contributed by atoms with Gasteiger partial charge in [0.05, 0.1) is 11.6 Å². The molecule has 0 spiro atoms. The van der Waals surface area contributed by atoms with Gasteiger partial charge in [0.2, 0.25) is 5.91 Å². The molecule has 0 fully saturated rings. The van der Waals surface area contributed by atoms with E-state index in [9.17, 15) is 4.79 Å². The van der Waals surface area contributed by atoms with Crippen LogP contribution in [0.15, 0.2) is 18.2 Å². The molecule has 1 N–H and O–H groups in total. The van der Waals surface area contributed by atoms with Gasteiger partial charge in [0.25, 0.3) is 0 Å². The SMILES string of the molecule is O=C(CCCOc1ccc(Cl)cc1Cl)NCCBr. The van der Waals surface area contributed by atoms with Crippen molar-refractivity contribution in [1.82, 2.24) is 5.32 Å². The number of amides is 1. The monoisotopic (exact) mass is 353 g/mol. The summed E-state index contributed by atoms with van der Waals surface area (Å²) in [4.78, 5) is 11.3. The van der Waals surface area contributed by atoms with Gasteiger partial charge in [-0.1, -0.05) is 39.1 Å². The first-order chi connectivity index (χ1) is 8.63. The van der Waals surface area contributed by atoms with Crippen LogP contribution in [0.5, 0.6) is 5.75 Å². The van der Waals surface area contributed by atoms with Crippen LogP contribution in [-0.4, -0.2) is 24.4 Å². The maximum atomic E-state index is 11.3. The summed E-state index contributed by atoms with van der Waals surface area (Å²) in [5, 5.41) is 4.57. The van der Waals surface area contributed by atoms with Crippen LogP contribution in [0.25, 0.3) is 0 Å². The quantitative estimate of drug-likeness (QED) is 0.599. The van der Waals surface area contributed by atoms with Crippen LogP contribution >= 0.6 is 39.1 Å². The molecule has 1 amide bonds. The van der Waals surface area contributed by atoms with Crippen molar-refractivity contribution in [1.29, 1.82) is 0 Å². The van der Waals surface area contributed by atoms with Crippen molar-refractivity contribution >= 4 is 45.0 Å². The maximum absolute atomic E-state index is 11.3. The maximum Gasteiger partial charge on any atom is 0.220 e. The zero-order chi connectivity index (χ0) is 13.4. The largest absolute Gasteiger partial charge is 0.492 e. The summed E-state index contributed by atoms with van der Waals surface area (Å²) in [6.45, 7) is 1.09. The summed E-state index contributed by atoms with van der Waals surface area (Å²) in [6.07, 6.45) is 1.09. The molecule has 100 valence electrons. The lowest BCUT2D eigenvalue weighted by Gasteiger charge is -2.08. The van der Waals surface area contributed by atoms with Crippen molar-refractivity contribution in [3.8, 4) is 5.75 Å². The smallest absolute Gasteiger partial charge is 0.220 e. The van der Waals surface area contributed by atoms with Crippen molar-refractivity contribution in [2.75, 3.05) is 18.5 Å². The molecule has 0 unspecified atom stereocenters. The van der Waals surface area contributed by atoms with Gasteiger partial charge in [-0.3, -0.25) is 4.79 Å². The van der Waals surface area contributed by atoms with Crippen LogP contribution in [0, 0.1) is 0 Å². The standard InChI is InChI=1S/C12H14BrCl2NO2/c13-5-6-16-12(17)2-1-7-18-11-4-3-9(14)8-10(11)15/h3-4,8H,1-2,5-7H2,(H,16,17). The van der Waals surface area contributed by atoms with E-state index in [1.807, 2.05) is 0 Å². The molecule has 18 heavy (non-hydrogen) atoms. The van der Waals surface area contributed by atoms with Crippen LogP contribution in [-0.2, 0) is 4.79 Å². The second-order valence-corrected chi connectivity index (χ2v) is 5.20. The molecule has 0 radical (unpaired) electrons. The zero-order valence-corrected chi connectivity index (χ0v) is 12.8. The molecule has 0 saturated heterocycles. The number of halogens is 3. The Morgan fingerprint density at radius 3 is 2.83 bits per heavy atom. The molecule has 0 atom stereocenters. The second-order valence-electron chi connectivity index (χ2n) is 3.57. The van der Waals surface area contributed by atoms with Crippen LogP contribution < -0.4 is 10.1 Å². The van der Waals surface area contributed by atoms with E-state index in [2.05, 4.69) is 21.2 Å². The third-order valence-electron chi connectivity index (χ3n) is 2.12. The van der Waals surface area contributed by atoms with E-state index in [-0.39, 0.29) is 5.91 Å². The summed E-state index contributed by atoms with van der Waals surface area (Å²) in [5.74, 6) is 0.613. The molecule has 6 heteroatoms. The number of hydrogen-bond donors (Lipinski definition) is 1. The fraction of sp³-hybridized carbons (Fsp3) is 0.417. The van der Waals surface area contributed by atoms with Gasteiger partial charge in [0.1, 0.15) is 5.75 Å². The van der Waals surface area contributed by atoms with Gasteiger partial charge in [-0.15, -0.1) is 0 Å². The average Bonchev–Trinajstić information content (AvgIpc) is 2.34. The highest BCUT2D eigenvalue weighted by molar-refractivity contribution is 9.09. The number of hydrogen-bond acceptors (Lipinski definition) is 2. The van der Waals surface area contributed by atoms with Crippen LogP contribution in [0.4, 0.5) is 0 Å². The van der Waals surface area contributed by atoms with Crippen LogP contribution in [0.2, 0.25) is 10.0 Å². The molecular formula is C12H14BrCl2NO2. The van der Waals surface area contributed by atoms with E-state index < -0.39 is 0 Å². The predicted molar refractivity (Wildman–Crippen MR) is 78.0 cm³/mol.